The van der Waals surface area contributed by atoms with Gasteiger partial charge in [-0.3, -0.25) is 0 Å². The number of carboxylic acids is 1. The minimum atomic E-state index is -0.856. The van der Waals surface area contributed by atoms with Gasteiger partial charge in [0, 0.05) is 0 Å². The summed E-state index contributed by atoms with van der Waals surface area (Å²) in [4.78, 5) is 10.9. The first-order valence-electron chi connectivity index (χ1n) is 4.26. The van der Waals surface area contributed by atoms with Gasteiger partial charge < -0.3 is 5.11 Å². The summed E-state index contributed by atoms with van der Waals surface area (Å²) in [7, 11) is 0. The predicted octanol–water partition coefficient (Wildman–Crippen LogP) is 1.77. The van der Waals surface area contributed by atoms with Gasteiger partial charge >= 0.3 is 43.7 Å². The van der Waals surface area contributed by atoms with E-state index in [1.54, 1.807) is 12.1 Å². The normalized spacial score (nSPS) is 10.5. The first kappa shape index (κ1) is 13.9. The summed E-state index contributed by atoms with van der Waals surface area (Å²) >= 11 is 0. The average molecular weight is 220 g/mol. The third kappa shape index (κ3) is 3.26. The fourth-order valence-electron chi connectivity index (χ4n) is 1.32. The summed E-state index contributed by atoms with van der Waals surface area (Å²) < 4.78 is 0. The van der Waals surface area contributed by atoms with Crippen molar-refractivity contribution < 1.29 is 9.90 Å². The zero-order valence-corrected chi connectivity index (χ0v) is 8.16. The van der Waals surface area contributed by atoms with Crippen LogP contribution in [0.2, 0.25) is 0 Å². The molecule has 0 atom stereocenters. The van der Waals surface area contributed by atoms with Crippen LogP contribution in [-0.4, -0.2) is 48.8 Å². The molecule has 14 heavy (non-hydrogen) atoms. The molecule has 74 valence electrons. The van der Waals surface area contributed by atoms with Gasteiger partial charge in [0.1, 0.15) is 0 Å². The van der Waals surface area contributed by atoms with E-state index in [2.05, 4.69) is 0 Å². The Morgan fingerprint density at radius 3 is 2.07 bits per heavy atom. The SMILES string of the molecule is CC(C)(C)c1ccccc1C(=O)O.[CaH2]. The molecule has 0 aliphatic rings. The number of hydrogen-bond acceptors (Lipinski definition) is 1. The molecule has 1 aromatic rings. The summed E-state index contributed by atoms with van der Waals surface area (Å²) in [5.74, 6) is -0.856. The molecule has 3 heteroatoms. The molecule has 0 amide bonds. The second-order valence-electron chi connectivity index (χ2n) is 4.10. The van der Waals surface area contributed by atoms with Crippen molar-refractivity contribution in [2.75, 3.05) is 0 Å². The molecule has 0 aliphatic heterocycles. The second-order valence-corrected chi connectivity index (χ2v) is 4.10. The Kier molecular flexibility index (Phi) is 5.13. The van der Waals surface area contributed by atoms with Crippen molar-refractivity contribution in [1.29, 1.82) is 0 Å². The van der Waals surface area contributed by atoms with Gasteiger partial charge in [0.05, 0.1) is 5.56 Å². The summed E-state index contributed by atoms with van der Waals surface area (Å²) in [6, 6.07) is 7.12. The van der Waals surface area contributed by atoms with Crippen LogP contribution in [0.5, 0.6) is 0 Å². The van der Waals surface area contributed by atoms with Crippen LogP contribution >= 0.6 is 0 Å². The van der Waals surface area contributed by atoms with Gasteiger partial charge in [-0.25, -0.2) is 4.79 Å². The van der Waals surface area contributed by atoms with Crippen LogP contribution in [0.15, 0.2) is 24.3 Å². The van der Waals surface area contributed by atoms with Gasteiger partial charge in [-0.1, -0.05) is 39.0 Å². The molecule has 0 heterocycles. The first-order chi connectivity index (χ1) is 5.93. The van der Waals surface area contributed by atoms with Crippen molar-refractivity contribution >= 4 is 43.7 Å². The van der Waals surface area contributed by atoms with Crippen molar-refractivity contribution in [3.05, 3.63) is 35.4 Å². The third-order valence-corrected chi connectivity index (χ3v) is 1.97. The number of rotatable bonds is 1. The predicted molar refractivity (Wildman–Crippen MR) is 60.6 cm³/mol. The Morgan fingerprint density at radius 2 is 1.71 bits per heavy atom. The molecule has 1 rings (SSSR count). The van der Waals surface area contributed by atoms with E-state index in [1.165, 1.54) is 0 Å². The summed E-state index contributed by atoms with van der Waals surface area (Å²) in [5, 5.41) is 8.93. The van der Waals surface area contributed by atoms with Gasteiger partial charge in [0.2, 0.25) is 0 Å². The molecule has 0 saturated carbocycles. The second kappa shape index (κ2) is 5.15. The zero-order valence-electron chi connectivity index (χ0n) is 8.16. The van der Waals surface area contributed by atoms with Crippen molar-refractivity contribution in [1.82, 2.24) is 0 Å². The molecule has 0 saturated heterocycles. The standard InChI is InChI=1S/C11H14O2.Ca.2H/c1-11(2,3)9-7-5-4-6-8(9)10(12)13;;;/h4-7H,1-3H3,(H,12,13);;;. The number of aromatic carboxylic acids is 1. The molecule has 0 spiro atoms. The first-order valence-corrected chi connectivity index (χ1v) is 4.26. The van der Waals surface area contributed by atoms with Gasteiger partial charge in [0.15, 0.2) is 0 Å². The Bertz CT molecular complexity index is 326. The molecule has 0 aromatic heterocycles. The molecule has 0 fully saturated rings. The molecule has 0 unspecified atom stereocenters. The summed E-state index contributed by atoms with van der Waals surface area (Å²) in [6.07, 6.45) is 0. The average Bonchev–Trinajstić information content (AvgIpc) is 2.03. The van der Waals surface area contributed by atoms with E-state index in [4.69, 9.17) is 5.11 Å². The molecule has 2 nitrogen and oxygen atoms in total. The van der Waals surface area contributed by atoms with Gasteiger partial charge in [-0.05, 0) is 17.0 Å². The van der Waals surface area contributed by atoms with Crippen molar-refractivity contribution in [3.63, 3.8) is 0 Å². The van der Waals surface area contributed by atoms with Crippen LogP contribution in [0.1, 0.15) is 36.7 Å². The maximum atomic E-state index is 10.9. The molecular formula is C11H16CaO2. The Balaban J connectivity index is 0.00000169. The van der Waals surface area contributed by atoms with Crippen LogP contribution in [0.3, 0.4) is 0 Å². The van der Waals surface area contributed by atoms with Crippen molar-refractivity contribution in [2.45, 2.75) is 26.2 Å². The van der Waals surface area contributed by atoms with E-state index in [9.17, 15) is 4.79 Å². The van der Waals surface area contributed by atoms with Crippen LogP contribution in [0.4, 0.5) is 0 Å². The summed E-state index contributed by atoms with van der Waals surface area (Å²) in [6.45, 7) is 6.03. The van der Waals surface area contributed by atoms with Crippen LogP contribution in [-0.2, 0) is 5.41 Å². The topological polar surface area (TPSA) is 37.3 Å². The molecule has 0 bridgehead atoms. The Morgan fingerprint density at radius 1 is 1.21 bits per heavy atom. The van der Waals surface area contributed by atoms with E-state index < -0.39 is 5.97 Å². The van der Waals surface area contributed by atoms with Gasteiger partial charge in [-0.2, -0.15) is 0 Å². The Hall–Kier alpha value is -0.0503. The van der Waals surface area contributed by atoms with Gasteiger partial charge in [0.25, 0.3) is 0 Å². The van der Waals surface area contributed by atoms with Crippen molar-refractivity contribution in [2.24, 2.45) is 0 Å². The minimum absolute atomic E-state index is 0. The van der Waals surface area contributed by atoms with E-state index in [1.807, 2.05) is 32.9 Å². The number of carbonyl (C=O) groups is 1. The van der Waals surface area contributed by atoms with Crippen LogP contribution in [0, 0.1) is 0 Å². The van der Waals surface area contributed by atoms with Crippen LogP contribution in [0.25, 0.3) is 0 Å². The monoisotopic (exact) mass is 220 g/mol. The van der Waals surface area contributed by atoms with E-state index in [0.29, 0.717) is 5.56 Å². The van der Waals surface area contributed by atoms with Crippen molar-refractivity contribution in [3.8, 4) is 0 Å². The van der Waals surface area contributed by atoms with E-state index in [0.717, 1.165) is 5.56 Å². The van der Waals surface area contributed by atoms with Crippen LogP contribution < -0.4 is 0 Å². The third-order valence-electron chi connectivity index (χ3n) is 1.97. The number of benzene rings is 1. The number of carboxylic acid groups (broad SMARTS) is 1. The zero-order chi connectivity index (χ0) is 10.1. The maximum absolute atomic E-state index is 10.9. The molecule has 0 aliphatic carbocycles. The van der Waals surface area contributed by atoms with E-state index in [-0.39, 0.29) is 43.2 Å². The van der Waals surface area contributed by atoms with E-state index >= 15 is 0 Å². The molecular weight excluding hydrogens is 204 g/mol. The fourth-order valence-corrected chi connectivity index (χ4v) is 1.32. The molecule has 0 radical (unpaired) electrons. The molecule has 1 N–H and O–H groups in total. The summed E-state index contributed by atoms with van der Waals surface area (Å²) in [5.41, 5.74) is 1.16. The Labute approximate surface area is 114 Å². The fraction of sp³-hybridized carbons (Fsp3) is 0.364. The molecule has 1 aromatic carbocycles. The van der Waals surface area contributed by atoms with Gasteiger partial charge in [-0.15, -0.1) is 0 Å². The number of hydrogen-bond donors (Lipinski definition) is 1. The quantitative estimate of drug-likeness (QED) is 0.732.